The number of aromatic nitrogens is 2. The smallest absolute Gasteiger partial charge is 0.130 e. The molecule has 2 aromatic rings. The molecule has 0 spiro atoms. The van der Waals surface area contributed by atoms with E-state index in [1.54, 1.807) is 23.9 Å². The van der Waals surface area contributed by atoms with E-state index in [4.69, 9.17) is 34.8 Å². The summed E-state index contributed by atoms with van der Waals surface area (Å²) in [6, 6.07) is 5.26. The van der Waals surface area contributed by atoms with Crippen LogP contribution in [0.25, 0.3) is 0 Å². The molecule has 0 aliphatic carbocycles. The highest BCUT2D eigenvalue weighted by Crippen LogP contribution is 2.25. The van der Waals surface area contributed by atoms with E-state index in [1.807, 2.05) is 13.0 Å². The van der Waals surface area contributed by atoms with Crippen molar-refractivity contribution in [2.75, 3.05) is 0 Å². The summed E-state index contributed by atoms with van der Waals surface area (Å²) in [4.78, 5) is 0. The third-order valence-electron chi connectivity index (χ3n) is 3.18. The van der Waals surface area contributed by atoms with Crippen molar-refractivity contribution in [2.45, 2.75) is 25.9 Å². The second-order valence-electron chi connectivity index (χ2n) is 4.78. The van der Waals surface area contributed by atoms with E-state index >= 15 is 0 Å². The maximum atomic E-state index is 10.2. The molecule has 3 nitrogen and oxygen atoms in total. The van der Waals surface area contributed by atoms with Gasteiger partial charge in [-0.15, -0.1) is 0 Å². The van der Waals surface area contributed by atoms with Crippen molar-refractivity contribution in [3.05, 3.63) is 50.2 Å². The van der Waals surface area contributed by atoms with Crippen molar-refractivity contribution < 1.29 is 5.11 Å². The van der Waals surface area contributed by atoms with Crippen molar-refractivity contribution in [1.82, 2.24) is 9.78 Å². The minimum Gasteiger partial charge on any atom is -0.392 e. The Morgan fingerprint density at radius 3 is 2.50 bits per heavy atom. The minimum absolute atomic E-state index is 0.442. The molecule has 0 fully saturated rings. The van der Waals surface area contributed by atoms with Gasteiger partial charge in [-0.2, -0.15) is 5.10 Å². The van der Waals surface area contributed by atoms with Gasteiger partial charge in [0.25, 0.3) is 0 Å². The summed E-state index contributed by atoms with van der Waals surface area (Å²) < 4.78 is 1.61. The van der Waals surface area contributed by atoms with E-state index in [0.717, 1.165) is 16.8 Å². The number of hydrogen-bond donors (Lipinski definition) is 1. The zero-order valence-corrected chi connectivity index (χ0v) is 13.5. The van der Waals surface area contributed by atoms with E-state index in [2.05, 4.69) is 5.10 Å². The number of aryl methyl sites for hydroxylation is 2. The number of aliphatic hydroxyl groups excluding tert-OH is 1. The average molecular weight is 334 g/mol. The molecule has 0 amide bonds. The number of hydrogen-bond acceptors (Lipinski definition) is 2. The molecule has 0 bridgehead atoms. The van der Waals surface area contributed by atoms with Crippen LogP contribution in [0.1, 0.15) is 16.8 Å². The monoisotopic (exact) mass is 332 g/mol. The van der Waals surface area contributed by atoms with Crippen LogP contribution in [-0.2, 0) is 19.9 Å². The van der Waals surface area contributed by atoms with Gasteiger partial charge in [0.15, 0.2) is 0 Å². The Balaban J connectivity index is 2.11. The molecule has 0 saturated carbocycles. The Kier molecular flexibility index (Phi) is 4.97. The summed E-state index contributed by atoms with van der Waals surface area (Å²) in [5, 5.41) is 16.2. The van der Waals surface area contributed by atoms with Crippen molar-refractivity contribution >= 4 is 34.8 Å². The van der Waals surface area contributed by atoms with Crippen LogP contribution < -0.4 is 0 Å². The maximum absolute atomic E-state index is 10.2. The van der Waals surface area contributed by atoms with Crippen LogP contribution in [0.15, 0.2) is 18.2 Å². The van der Waals surface area contributed by atoms with Gasteiger partial charge in [-0.1, -0.05) is 40.9 Å². The Hall–Kier alpha value is -0.740. The third-order valence-corrected chi connectivity index (χ3v) is 4.24. The average Bonchev–Trinajstić information content (AvgIpc) is 2.60. The first-order chi connectivity index (χ1) is 9.38. The first-order valence-electron chi connectivity index (χ1n) is 6.18. The molecule has 108 valence electrons. The molecule has 1 atom stereocenters. The van der Waals surface area contributed by atoms with Crippen LogP contribution in [0.3, 0.4) is 0 Å². The molecule has 1 aromatic heterocycles. The number of nitrogens with zero attached hydrogens (tertiary/aromatic N) is 2. The lowest BCUT2D eigenvalue weighted by Crippen LogP contribution is -2.14. The molecule has 0 radical (unpaired) electrons. The van der Waals surface area contributed by atoms with Crippen LogP contribution in [0.2, 0.25) is 15.2 Å². The van der Waals surface area contributed by atoms with Gasteiger partial charge in [0.2, 0.25) is 0 Å². The Morgan fingerprint density at radius 1 is 1.25 bits per heavy atom. The quantitative estimate of drug-likeness (QED) is 0.923. The molecule has 1 aromatic carbocycles. The van der Waals surface area contributed by atoms with E-state index in [-0.39, 0.29) is 0 Å². The van der Waals surface area contributed by atoms with Gasteiger partial charge < -0.3 is 5.11 Å². The van der Waals surface area contributed by atoms with Gasteiger partial charge in [-0.25, -0.2) is 0 Å². The highest BCUT2D eigenvalue weighted by atomic mass is 35.5. The van der Waals surface area contributed by atoms with E-state index in [0.29, 0.717) is 28.0 Å². The van der Waals surface area contributed by atoms with Crippen molar-refractivity contribution in [1.29, 1.82) is 0 Å². The second kappa shape index (κ2) is 6.35. The molecule has 0 saturated heterocycles. The lowest BCUT2D eigenvalue weighted by Gasteiger charge is -2.12. The predicted molar refractivity (Wildman–Crippen MR) is 82.8 cm³/mol. The van der Waals surface area contributed by atoms with Gasteiger partial charge in [0.05, 0.1) is 11.8 Å². The molecular formula is C14H15Cl3N2O. The van der Waals surface area contributed by atoms with Crippen molar-refractivity contribution in [2.24, 2.45) is 7.05 Å². The fraction of sp³-hybridized carbons (Fsp3) is 0.357. The Bertz CT molecular complexity index is 625. The fourth-order valence-electron chi connectivity index (χ4n) is 2.15. The van der Waals surface area contributed by atoms with Crippen LogP contribution in [0.4, 0.5) is 0 Å². The van der Waals surface area contributed by atoms with Gasteiger partial charge in [0, 0.05) is 35.5 Å². The number of benzene rings is 1. The Morgan fingerprint density at radius 2 is 1.95 bits per heavy atom. The maximum Gasteiger partial charge on any atom is 0.130 e. The standard InChI is InChI=1S/C14H15Cl3N2O/c1-8-12(14(17)19(2)18-8)7-11(20)5-9-3-4-10(15)6-13(9)16/h3-4,6,11,20H,5,7H2,1-2H3. The highest BCUT2D eigenvalue weighted by molar-refractivity contribution is 6.35. The third kappa shape index (κ3) is 3.47. The molecule has 0 aliphatic heterocycles. The fourth-order valence-corrected chi connectivity index (χ4v) is 2.89. The molecule has 2 rings (SSSR count). The number of rotatable bonds is 4. The molecule has 1 heterocycles. The SMILES string of the molecule is Cc1nn(C)c(Cl)c1CC(O)Cc1ccc(Cl)cc1Cl. The van der Waals surface area contributed by atoms with Crippen LogP contribution >= 0.6 is 34.8 Å². The topological polar surface area (TPSA) is 38.0 Å². The summed E-state index contributed by atoms with van der Waals surface area (Å²) in [6.45, 7) is 1.88. The van der Waals surface area contributed by atoms with Gasteiger partial charge in [-0.3, -0.25) is 4.68 Å². The lowest BCUT2D eigenvalue weighted by molar-refractivity contribution is 0.175. The van der Waals surface area contributed by atoms with E-state index in [1.165, 1.54) is 0 Å². The van der Waals surface area contributed by atoms with Crippen LogP contribution in [0.5, 0.6) is 0 Å². The molecule has 0 aliphatic rings. The van der Waals surface area contributed by atoms with Gasteiger partial charge in [0.1, 0.15) is 5.15 Å². The summed E-state index contributed by atoms with van der Waals surface area (Å²) in [5.74, 6) is 0. The van der Waals surface area contributed by atoms with Crippen molar-refractivity contribution in [3.63, 3.8) is 0 Å². The number of aliphatic hydroxyl groups is 1. The zero-order valence-electron chi connectivity index (χ0n) is 11.2. The molecule has 6 heteroatoms. The molecular weight excluding hydrogens is 319 g/mol. The predicted octanol–water partition coefficient (Wildman–Crippen LogP) is 3.83. The normalized spacial score (nSPS) is 12.7. The van der Waals surface area contributed by atoms with E-state index < -0.39 is 6.10 Å². The number of halogens is 3. The summed E-state index contributed by atoms with van der Waals surface area (Å²) in [6.07, 6.45) is 0.312. The zero-order chi connectivity index (χ0) is 14.9. The molecule has 1 N–H and O–H groups in total. The van der Waals surface area contributed by atoms with Gasteiger partial charge >= 0.3 is 0 Å². The summed E-state index contributed by atoms with van der Waals surface area (Å²) in [5.41, 5.74) is 2.56. The Labute approximate surface area is 133 Å². The highest BCUT2D eigenvalue weighted by Gasteiger charge is 2.16. The van der Waals surface area contributed by atoms with Crippen molar-refractivity contribution in [3.8, 4) is 0 Å². The summed E-state index contributed by atoms with van der Waals surface area (Å²) in [7, 11) is 1.78. The van der Waals surface area contributed by atoms with Gasteiger partial charge in [-0.05, 0) is 24.6 Å². The van der Waals surface area contributed by atoms with Crippen LogP contribution in [0, 0.1) is 6.92 Å². The molecule has 20 heavy (non-hydrogen) atoms. The first kappa shape index (κ1) is 15.6. The molecule has 1 unspecified atom stereocenters. The largest absolute Gasteiger partial charge is 0.392 e. The lowest BCUT2D eigenvalue weighted by atomic mass is 10.0. The first-order valence-corrected chi connectivity index (χ1v) is 7.32. The van der Waals surface area contributed by atoms with E-state index in [9.17, 15) is 5.11 Å². The minimum atomic E-state index is -0.575. The second-order valence-corrected chi connectivity index (χ2v) is 5.98. The van der Waals surface area contributed by atoms with Crippen LogP contribution in [-0.4, -0.2) is 21.0 Å². The summed E-state index contributed by atoms with van der Waals surface area (Å²) >= 11 is 18.1.